The van der Waals surface area contributed by atoms with Crippen molar-refractivity contribution in [1.29, 1.82) is 0 Å². The molecule has 0 atom stereocenters. The van der Waals surface area contributed by atoms with Crippen LogP contribution < -0.4 is 0 Å². The molecule has 2 aromatic heterocycles. The second kappa shape index (κ2) is 5.69. The van der Waals surface area contributed by atoms with Crippen LogP contribution in [0.25, 0.3) is 10.2 Å². The van der Waals surface area contributed by atoms with Crippen LogP contribution in [0.1, 0.15) is 14.8 Å². The molecule has 2 heterocycles. The van der Waals surface area contributed by atoms with E-state index in [0.717, 1.165) is 16.2 Å². The van der Waals surface area contributed by atoms with E-state index in [0.29, 0.717) is 22.4 Å². The Morgan fingerprint density at radius 1 is 1.14 bits per heavy atom. The zero-order valence-corrected chi connectivity index (χ0v) is 12.5. The number of carboxylic acids is 1. The fourth-order valence-electron chi connectivity index (χ4n) is 2.01. The summed E-state index contributed by atoms with van der Waals surface area (Å²) in [5.41, 5.74) is -0.306. The van der Waals surface area contributed by atoms with Gasteiger partial charge in [0.2, 0.25) is 0 Å². The summed E-state index contributed by atoms with van der Waals surface area (Å²) in [5, 5.41) is 9.17. The molecule has 0 saturated heterocycles. The third-order valence-corrected chi connectivity index (χ3v) is 5.08. The van der Waals surface area contributed by atoms with Crippen molar-refractivity contribution < 1.29 is 23.1 Å². The van der Waals surface area contributed by atoms with E-state index in [4.69, 9.17) is 5.11 Å². The summed E-state index contributed by atoms with van der Waals surface area (Å²) in [4.78, 5) is 16.1. The first-order valence-electron chi connectivity index (χ1n) is 6.16. The number of carboxylic acid groups (broad SMARTS) is 1. The number of aromatic nitrogens is 1. The summed E-state index contributed by atoms with van der Waals surface area (Å²) in [6.07, 6.45) is 0.253. The minimum Gasteiger partial charge on any atom is -0.481 e. The molecule has 0 unspecified atom stereocenters. The Labute approximate surface area is 130 Å². The van der Waals surface area contributed by atoms with Crippen LogP contribution in [0.3, 0.4) is 0 Å². The summed E-state index contributed by atoms with van der Waals surface area (Å²) in [7, 11) is 0. The molecule has 0 aliphatic rings. The number of carbonyl (C=O) groups is 1. The summed E-state index contributed by atoms with van der Waals surface area (Å²) >= 11 is 2.26. The van der Waals surface area contributed by atoms with E-state index in [1.54, 1.807) is 12.1 Å². The molecule has 8 heteroatoms. The Morgan fingerprint density at radius 2 is 1.86 bits per heavy atom. The number of aliphatic carboxylic acids is 1. The Morgan fingerprint density at radius 3 is 2.59 bits per heavy atom. The van der Waals surface area contributed by atoms with Crippen LogP contribution in [0.2, 0.25) is 0 Å². The van der Waals surface area contributed by atoms with Gasteiger partial charge in [-0.3, -0.25) is 4.79 Å². The molecule has 22 heavy (non-hydrogen) atoms. The van der Waals surface area contributed by atoms with Crippen molar-refractivity contribution >= 4 is 38.9 Å². The van der Waals surface area contributed by atoms with Crippen molar-refractivity contribution in [3.8, 4) is 0 Å². The molecule has 0 aliphatic carbocycles. The van der Waals surface area contributed by atoms with Crippen molar-refractivity contribution in [3.05, 3.63) is 50.4 Å². The molecule has 3 aromatic rings. The molecule has 0 aliphatic heterocycles. The Kier molecular flexibility index (Phi) is 3.88. The number of fused-ring (bicyclic) bond motifs is 1. The smallest absolute Gasteiger partial charge is 0.308 e. The monoisotopic (exact) mass is 343 g/mol. The number of hydrogen-bond donors (Lipinski definition) is 1. The van der Waals surface area contributed by atoms with Gasteiger partial charge >= 0.3 is 5.97 Å². The number of benzene rings is 1. The van der Waals surface area contributed by atoms with Gasteiger partial charge in [0.25, 0.3) is 0 Å². The molecule has 3 rings (SSSR count). The molecule has 3 nitrogen and oxygen atoms in total. The zero-order valence-electron chi connectivity index (χ0n) is 10.9. The van der Waals surface area contributed by atoms with Gasteiger partial charge in [-0.2, -0.15) is 0 Å². The van der Waals surface area contributed by atoms with Crippen molar-refractivity contribution in [3.63, 3.8) is 0 Å². The van der Waals surface area contributed by atoms with Gasteiger partial charge < -0.3 is 5.11 Å². The zero-order chi connectivity index (χ0) is 15.9. The van der Waals surface area contributed by atoms with Gasteiger partial charge in [-0.05, 0) is 12.1 Å². The second-order valence-corrected chi connectivity index (χ2v) is 6.89. The highest BCUT2D eigenvalue weighted by Gasteiger charge is 2.17. The van der Waals surface area contributed by atoms with Crippen LogP contribution in [0.4, 0.5) is 13.2 Å². The molecule has 0 amide bonds. The average molecular weight is 343 g/mol. The fourth-order valence-corrected chi connectivity index (χ4v) is 4.11. The number of thiophene rings is 1. The first-order chi connectivity index (χ1) is 10.4. The van der Waals surface area contributed by atoms with E-state index in [-0.39, 0.29) is 16.6 Å². The van der Waals surface area contributed by atoms with Gasteiger partial charge in [0.15, 0.2) is 11.6 Å². The second-order valence-electron chi connectivity index (χ2n) is 4.55. The predicted octanol–water partition coefficient (Wildman–Crippen LogP) is 3.99. The number of rotatable bonds is 4. The van der Waals surface area contributed by atoms with Gasteiger partial charge in [0.05, 0.1) is 16.1 Å². The van der Waals surface area contributed by atoms with E-state index in [2.05, 4.69) is 4.98 Å². The lowest BCUT2D eigenvalue weighted by molar-refractivity contribution is -0.136. The van der Waals surface area contributed by atoms with Crippen molar-refractivity contribution in [1.82, 2.24) is 4.98 Å². The molecule has 0 spiro atoms. The summed E-state index contributed by atoms with van der Waals surface area (Å²) in [6.45, 7) is 0. The van der Waals surface area contributed by atoms with Crippen LogP contribution in [-0.2, 0) is 17.6 Å². The molecular formula is C14H8F3NO2S2. The third kappa shape index (κ3) is 2.84. The van der Waals surface area contributed by atoms with Gasteiger partial charge in [-0.25, -0.2) is 18.2 Å². The lowest BCUT2D eigenvalue weighted by Gasteiger charge is -1.94. The van der Waals surface area contributed by atoms with E-state index in [1.807, 2.05) is 0 Å². The quantitative estimate of drug-likeness (QED) is 0.729. The highest BCUT2D eigenvalue weighted by Crippen LogP contribution is 2.31. The minimum atomic E-state index is -1.26. The molecule has 0 radical (unpaired) electrons. The fraction of sp³-hybridized carbons (Fsp3) is 0.143. The van der Waals surface area contributed by atoms with Crippen LogP contribution in [0.5, 0.6) is 0 Å². The van der Waals surface area contributed by atoms with E-state index >= 15 is 0 Å². The van der Waals surface area contributed by atoms with E-state index in [1.165, 1.54) is 11.3 Å². The van der Waals surface area contributed by atoms with Crippen molar-refractivity contribution in [2.45, 2.75) is 12.8 Å². The Balaban J connectivity index is 1.91. The van der Waals surface area contributed by atoms with Gasteiger partial charge in [0.1, 0.15) is 11.3 Å². The first kappa shape index (κ1) is 15.0. The number of hydrogen-bond acceptors (Lipinski definition) is 4. The molecule has 0 fully saturated rings. The Hall–Kier alpha value is -1.93. The van der Waals surface area contributed by atoms with Gasteiger partial charge in [-0.15, -0.1) is 22.7 Å². The maximum Gasteiger partial charge on any atom is 0.308 e. The Bertz CT molecular complexity index is 872. The standard InChI is InChI=1S/C14H8F3NO2S2/c15-8-5-9(16)14-13(12(8)17)18-10(22-14)3-6-1-2-7(21-6)4-11(19)20/h1-2,5H,3-4H2,(H,19,20). The SMILES string of the molecule is O=C(O)Cc1ccc(Cc2nc3c(F)c(F)cc(F)c3s2)s1. The van der Waals surface area contributed by atoms with Crippen molar-refractivity contribution in [2.75, 3.05) is 0 Å². The molecule has 0 bridgehead atoms. The average Bonchev–Trinajstić information content (AvgIpc) is 3.03. The molecular weight excluding hydrogens is 335 g/mol. The van der Waals surface area contributed by atoms with E-state index in [9.17, 15) is 18.0 Å². The largest absolute Gasteiger partial charge is 0.481 e. The predicted molar refractivity (Wildman–Crippen MR) is 78.0 cm³/mol. The molecule has 1 N–H and O–H groups in total. The van der Waals surface area contributed by atoms with E-state index < -0.39 is 23.4 Å². The summed E-state index contributed by atoms with van der Waals surface area (Å²) in [5.74, 6) is -4.18. The first-order valence-corrected chi connectivity index (χ1v) is 7.79. The van der Waals surface area contributed by atoms with Gasteiger partial charge in [0, 0.05) is 22.2 Å². The number of halogens is 3. The molecule has 0 saturated carbocycles. The highest BCUT2D eigenvalue weighted by atomic mass is 32.1. The summed E-state index contributed by atoms with van der Waals surface area (Å²) < 4.78 is 40.4. The van der Waals surface area contributed by atoms with Crippen molar-refractivity contribution in [2.24, 2.45) is 0 Å². The third-order valence-electron chi connectivity index (χ3n) is 2.93. The van der Waals surface area contributed by atoms with Crippen LogP contribution in [-0.4, -0.2) is 16.1 Å². The lowest BCUT2D eigenvalue weighted by atomic mass is 10.3. The molecule has 1 aromatic carbocycles. The normalized spacial score (nSPS) is 11.2. The minimum absolute atomic E-state index is 0.0174. The molecule has 114 valence electrons. The highest BCUT2D eigenvalue weighted by molar-refractivity contribution is 7.18. The number of nitrogens with zero attached hydrogens (tertiary/aromatic N) is 1. The lowest BCUT2D eigenvalue weighted by Crippen LogP contribution is -1.96. The van der Waals surface area contributed by atoms with Crippen LogP contribution >= 0.6 is 22.7 Å². The number of thiazole rings is 1. The maximum atomic E-state index is 13.6. The summed E-state index contributed by atoms with van der Waals surface area (Å²) in [6, 6.07) is 3.96. The van der Waals surface area contributed by atoms with Gasteiger partial charge in [-0.1, -0.05) is 0 Å². The topological polar surface area (TPSA) is 50.2 Å². The van der Waals surface area contributed by atoms with Crippen LogP contribution in [0, 0.1) is 17.5 Å². The maximum absolute atomic E-state index is 13.6. The van der Waals surface area contributed by atoms with Crippen LogP contribution in [0.15, 0.2) is 18.2 Å².